The van der Waals surface area contributed by atoms with E-state index < -0.39 is 0 Å². The highest BCUT2D eigenvalue weighted by molar-refractivity contribution is 9.10. The molecule has 3 rings (SSSR count). The number of aromatic hydroxyl groups is 1. The van der Waals surface area contributed by atoms with Gasteiger partial charge in [0.25, 0.3) is 5.89 Å². The SMILES string of the molecule is Nc1c(Br)cccc1-c1nc(-c2ccc(O)cc2)no1. The molecule has 6 heteroatoms. The molecule has 0 aliphatic carbocycles. The van der Waals surface area contributed by atoms with Gasteiger partial charge in [0, 0.05) is 10.0 Å². The number of benzene rings is 2. The van der Waals surface area contributed by atoms with Gasteiger partial charge in [0.15, 0.2) is 0 Å². The Bertz CT molecular complexity index is 753. The van der Waals surface area contributed by atoms with Crippen molar-refractivity contribution in [1.82, 2.24) is 10.1 Å². The van der Waals surface area contributed by atoms with E-state index in [9.17, 15) is 5.11 Å². The number of anilines is 1. The number of nitrogen functional groups attached to an aromatic ring is 1. The van der Waals surface area contributed by atoms with Crippen molar-refractivity contribution in [3.63, 3.8) is 0 Å². The third-order valence-corrected chi connectivity index (χ3v) is 3.53. The molecule has 0 saturated carbocycles. The summed E-state index contributed by atoms with van der Waals surface area (Å²) in [6.45, 7) is 0. The third-order valence-electron chi connectivity index (χ3n) is 2.83. The lowest BCUT2D eigenvalue weighted by Crippen LogP contribution is -1.91. The summed E-state index contributed by atoms with van der Waals surface area (Å²) < 4.78 is 6.02. The van der Waals surface area contributed by atoms with Crippen LogP contribution in [-0.4, -0.2) is 15.2 Å². The summed E-state index contributed by atoms with van der Waals surface area (Å²) >= 11 is 3.36. The molecule has 3 aromatic rings. The lowest BCUT2D eigenvalue weighted by Gasteiger charge is -2.01. The summed E-state index contributed by atoms with van der Waals surface area (Å²) in [5.41, 5.74) is 7.96. The molecular weight excluding hydrogens is 322 g/mol. The molecule has 5 nitrogen and oxygen atoms in total. The summed E-state index contributed by atoms with van der Waals surface area (Å²) in [6, 6.07) is 12.1. The first-order valence-corrected chi connectivity index (χ1v) is 6.62. The molecule has 0 amide bonds. The van der Waals surface area contributed by atoms with Gasteiger partial charge >= 0.3 is 0 Å². The van der Waals surface area contributed by atoms with Crippen molar-refractivity contribution in [2.24, 2.45) is 0 Å². The Hall–Kier alpha value is -2.34. The minimum Gasteiger partial charge on any atom is -0.508 e. The predicted octanol–water partition coefficient (Wildman–Crippen LogP) is 3.45. The number of hydrogen-bond acceptors (Lipinski definition) is 5. The van der Waals surface area contributed by atoms with Gasteiger partial charge in [0.2, 0.25) is 5.82 Å². The highest BCUT2D eigenvalue weighted by Crippen LogP contribution is 2.31. The standard InChI is InChI=1S/C14H10BrN3O2/c15-11-3-1-2-10(12(11)16)14-17-13(18-20-14)8-4-6-9(19)7-5-8/h1-7,19H,16H2. The molecule has 0 radical (unpaired) electrons. The number of hydrogen-bond donors (Lipinski definition) is 2. The second kappa shape index (κ2) is 4.97. The van der Waals surface area contributed by atoms with Gasteiger partial charge in [0.05, 0.1) is 11.3 Å². The lowest BCUT2D eigenvalue weighted by atomic mass is 10.2. The van der Waals surface area contributed by atoms with E-state index >= 15 is 0 Å². The van der Waals surface area contributed by atoms with Gasteiger partial charge in [-0.1, -0.05) is 11.2 Å². The Labute approximate surface area is 123 Å². The van der Waals surface area contributed by atoms with E-state index in [0.29, 0.717) is 23.0 Å². The Morgan fingerprint density at radius 3 is 2.60 bits per heavy atom. The van der Waals surface area contributed by atoms with Crippen LogP contribution in [0.15, 0.2) is 51.5 Å². The van der Waals surface area contributed by atoms with E-state index in [1.807, 2.05) is 18.2 Å². The highest BCUT2D eigenvalue weighted by Gasteiger charge is 2.14. The third kappa shape index (κ3) is 2.25. The molecule has 3 N–H and O–H groups in total. The van der Waals surface area contributed by atoms with Crippen LogP contribution in [0.5, 0.6) is 5.75 Å². The van der Waals surface area contributed by atoms with Gasteiger partial charge in [-0.15, -0.1) is 0 Å². The molecule has 0 spiro atoms. The summed E-state index contributed by atoms with van der Waals surface area (Å²) in [5, 5.41) is 13.2. The Kier molecular flexibility index (Phi) is 3.15. The zero-order valence-corrected chi connectivity index (χ0v) is 11.8. The normalized spacial score (nSPS) is 10.7. The number of phenolic OH excluding ortho intramolecular Hbond substituents is 1. The summed E-state index contributed by atoms with van der Waals surface area (Å²) in [7, 11) is 0. The van der Waals surface area contributed by atoms with Crippen LogP contribution in [0.3, 0.4) is 0 Å². The molecule has 1 aromatic heterocycles. The first-order valence-electron chi connectivity index (χ1n) is 5.82. The molecular formula is C14H10BrN3O2. The second-order valence-corrected chi connectivity index (χ2v) is 5.03. The minimum atomic E-state index is 0.189. The topological polar surface area (TPSA) is 85.2 Å². The number of nitrogens with zero attached hydrogens (tertiary/aromatic N) is 2. The fourth-order valence-corrected chi connectivity index (χ4v) is 2.15. The van der Waals surface area contributed by atoms with Crippen molar-refractivity contribution in [3.8, 4) is 28.6 Å². The van der Waals surface area contributed by atoms with Crippen LogP contribution in [0.1, 0.15) is 0 Å². The summed E-state index contributed by atoms with van der Waals surface area (Å²) in [6.07, 6.45) is 0. The first-order chi connectivity index (χ1) is 9.65. The monoisotopic (exact) mass is 331 g/mol. The van der Waals surface area contributed by atoms with E-state index in [0.717, 1.165) is 10.0 Å². The van der Waals surface area contributed by atoms with E-state index in [2.05, 4.69) is 26.1 Å². The van der Waals surface area contributed by atoms with Crippen LogP contribution in [0, 0.1) is 0 Å². The minimum absolute atomic E-state index is 0.189. The molecule has 20 heavy (non-hydrogen) atoms. The van der Waals surface area contributed by atoms with Gasteiger partial charge < -0.3 is 15.4 Å². The molecule has 0 aliphatic rings. The first kappa shape index (κ1) is 12.7. The van der Waals surface area contributed by atoms with Crippen molar-refractivity contribution in [2.45, 2.75) is 0 Å². The van der Waals surface area contributed by atoms with Gasteiger partial charge in [-0.3, -0.25) is 0 Å². The highest BCUT2D eigenvalue weighted by atomic mass is 79.9. The van der Waals surface area contributed by atoms with E-state index in [1.165, 1.54) is 0 Å². The van der Waals surface area contributed by atoms with Gasteiger partial charge in [-0.25, -0.2) is 0 Å². The fraction of sp³-hybridized carbons (Fsp3) is 0. The number of para-hydroxylation sites is 1. The van der Waals surface area contributed by atoms with Crippen molar-refractivity contribution < 1.29 is 9.63 Å². The van der Waals surface area contributed by atoms with Crippen LogP contribution >= 0.6 is 15.9 Å². The molecule has 0 fully saturated rings. The second-order valence-electron chi connectivity index (χ2n) is 4.17. The number of aromatic nitrogens is 2. The number of phenols is 1. The quantitative estimate of drug-likeness (QED) is 0.702. The average Bonchev–Trinajstić information content (AvgIpc) is 2.92. The Morgan fingerprint density at radius 1 is 1.10 bits per heavy atom. The average molecular weight is 332 g/mol. The van der Waals surface area contributed by atoms with Crippen LogP contribution in [0.2, 0.25) is 0 Å². The molecule has 0 atom stereocenters. The van der Waals surface area contributed by atoms with Crippen LogP contribution in [-0.2, 0) is 0 Å². The van der Waals surface area contributed by atoms with E-state index in [1.54, 1.807) is 24.3 Å². The van der Waals surface area contributed by atoms with Crippen LogP contribution in [0.25, 0.3) is 22.8 Å². The van der Waals surface area contributed by atoms with Crippen LogP contribution in [0.4, 0.5) is 5.69 Å². The molecule has 0 saturated heterocycles. The van der Waals surface area contributed by atoms with E-state index in [4.69, 9.17) is 10.3 Å². The van der Waals surface area contributed by atoms with E-state index in [-0.39, 0.29) is 5.75 Å². The number of rotatable bonds is 2. The zero-order valence-electron chi connectivity index (χ0n) is 10.2. The maximum Gasteiger partial charge on any atom is 0.260 e. The molecule has 0 unspecified atom stereocenters. The van der Waals surface area contributed by atoms with Gasteiger partial charge in [0.1, 0.15) is 5.75 Å². The Morgan fingerprint density at radius 2 is 1.85 bits per heavy atom. The van der Waals surface area contributed by atoms with Crippen molar-refractivity contribution in [1.29, 1.82) is 0 Å². The summed E-state index contributed by atoms with van der Waals surface area (Å²) in [4.78, 5) is 4.32. The molecule has 2 aromatic carbocycles. The zero-order chi connectivity index (χ0) is 14.1. The number of halogens is 1. The molecule has 0 aliphatic heterocycles. The molecule has 100 valence electrons. The smallest absolute Gasteiger partial charge is 0.260 e. The summed E-state index contributed by atoms with van der Waals surface area (Å²) in [5.74, 6) is 0.986. The van der Waals surface area contributed by atoms with Crippen molar-refractivity contribution >= 4 is 21.6 Å². The van der Waals surface area contributed by atoms with Crippen molar-refractivity contribution in [2.75, 3.05) is 5.73 Å². The number of nitrogens with two attached hydrogens (primary N) is 1. The fourth-order valence-electron chi connectivity index (χ4n) is 1.78. The van der Waals surface area contributed by atoms with Gasteiger partial charge in [-0.05, 0) is 52.3 Å². The predicted molar refractivity (Wildman–Crippen MR) is 78.9 cm³/mol. The van der Waals surface area contributed by atoms with Gasteiger partial charge in [-0.2, -0.15) is 4.98 Å². The largest absolute Gasteiger partial charge is 0.508 e. The molecule has 0 bridgehead atoms. The maximum absolute atomic E-state index is 9.27. The lowest BCUT2D eigenvalue weighted by molar-refractivity contribution is 0.432. The van der Waals surface area contributed by atoms with Crippen molar-refractivity contribution in [3.05, 3.63) is 46.9 Å². The molecule has 1 heterocycles. The Balaban J connectivity index is 2.02. The maximum atomic E-state index is 9.27. The van der Waals surface area contributed by atoms with Crippen LogP contribution < -0.4 is 5.73 Å².